The number of amides is 1. The Hall–Kier alpha value is -3.07. The van der Waals surface area contributed by atoms with Gasteiger partial charge in [-0.3, -0.25) is 0 Å². The summed E-state index contributed by atoms with van der Waals surface area (Å²) < 4.78 is 51.9. The van der Waals surface area contributed by atoms with Gasteiger partial charge in [0.15, 0.2) is 0 Å². The standard InChI is InChI=1S/C24H27FN2O5S/c1-24(2,3)32-23(28)27-13-7-8-16(27)15-31-19-11-6-9-17-21(14-26-22(17)19)33(29,30)20-12-5-4-10-18(20)25/h4-6,9-12,14,16,26H,7-8,13,15H2,1-3H3. The minimum Gasteiger partial charge on any atom is -0.489 e. The summed E-state index contributed by atoms with van der Waals surface area (Å²) in [5, 5.41) is 0.408. The van der Waals surface area contributed by atoms with Crippen molar-refractivity contribution in [2.75, 3.05) is 13.2 Å². The second-order valence-electron chi connectivity index (χ2n) is 9.05. The van der Waals surface area contributed by atoms with Crippen molar-refractivity contribution in [3.05, 3.63) is 54.5 Å². The molecule has 1 aliphatic rings. The van der Waals surface area contributed by atoms with E-state index in [1.807, 2.05) is 20.8 Å². The number of hydrogen-bond donors (Lipinski definition) is 1. The molecule has 3 aromatic rings. The molecule has 4 rings (SSSR count). The van der Waals surface area contributed by atoms with E-state index in [0.29, 0.717) is 23.2 Å². The summed E-state index contributed by atoms with van der Waals surface area (Å²) in [6.07, 6.45) is 2.62. The van der Waals surface area contributed by atoms with E-state index in [2.05, 4.69) is 4.98 Å². The molecule has 176 valence electrons. The van der Waals surface area contributed by atoms with Crippen molar-refractivity contribution in [1.82, 2.24) is 9.88 Å². The average Bonchev–Trinajstić information content (AvgIpc) is 3.39. The molecule has 1 atom stereocenters. The van der Waals surface area contributed by atoms with Gasteiger partial charge >= 0.3 is 6.09 Å². The fourth-order valence-corrected chi connectivity index (χ4v) is 5.47. The van der Waals surface area contributed by atoms with Gasteiger partial charge in [0.05, 0.1) is 16.5 Å². The third kappa shape index (κ3) is 4.68. The van der Waals surface area contributed by atoms with Crippen LogP contribution in [0.1, 0.15) is 33.6 Å². The minimum atomic E-state index is -4.07. The Morgan fingerprint density at radius 1 is 1.15 bits per heavy atom. The van der Waals surface area contributed by atoms with Crippen LogP contribution in [-0.2, 0) is 14.6 Å². The molecule has 1 N–H and O–H groups in total. The maximum absolute atomic E-state index is 14.2. The summed E-state index contributed by atoms with van der Waals surface area (Å²) in [4.78, 5) is 16.7. The highest BCUT2D eigenvalue weighted by Crippen LogP contribution is 2.34. The second kappa shape index (κ2) is 8.70. The number of aromatic amines is 1. The Kier molecular flexibility index (Phi) is 6.09. The van der Waals surface area contributed by atoms with Gasteiger partial charge in [-0.15, -0.1) is 0 Å². The molecule has 1 fully saturated rings. The fraction of sp³-hybridized carbons (Fsp3) is 0.375. The van der Waals surface area contributed by atoms with Gasteiger partial charge in [-0.05, 0) is 51.8 Å². The predicted molar refractivity (Wildman–Crippen MR) is 122 cm³/mol. The van der Waals surface area contributed by atoms with E-state index >= 15 is 0 Å². The van der Waals surface area contributed by atoms with Crippen molar-refractivity contribution in [2.24, 2.45) is 0 Å². The van der Waals surface area contributed by atoms with Crippen molar-refractivity contribution in [3.8, 4) is 5.75 Å². The topological polar surface area (TPSA) is 88.7 Å². The van der Waals surface area contributed by atoms with Crippen LogP contribution in [0.5, 0.6) is 5.75 Å². The van der Waals surface area contributed by atoms with Gasteiger partial charge < -0.3 is 19.4 Å². The van der Waals surface area contributed by atoms with Crippen LogP contribution in [0.2, 0.25) is 0 Å². The van der Waals surface area contributed by atoms with Crippen LogP contribution in [0.4, 0.5) is 9.18 Å². The number of likely N-dealkylation sites (tertiary alicyclic amines) is 1. The van der Waals surface area contributed by atoms with Gasteiger partial charge in [0.2, 0.25) is 9.84 Å². The van der Waals surface area contributed by atoms with Crippen LogP contribution >= 0.6 is 0 Å². The summed E-state index contributed by atoms with van der Waals surface area (Å²) in [6.45, 7) is 6.32. The number of benzene rings is 2. The van der Waals surface area contributed by atoms with Gasteiger partial charge in [0.1, 0.15) is 28.7 Å². The zero-order valence-corrected chi connectivity index (χ0v) is 19.6. The molecule has 2 aromatic carbocycles. The van der Waals surface area contributed by atoms with Crippen molar-refractivity contribution in [3.63, 3.8) is 0 Å². The van der Waals surface area contributed by atoms with E-state index in [1.54, 1.807) is 23.1 Å². The van der Waals surface area contributed by atoms with Crippen LogP contribution in [-0.4, -0.2) is 49.2 Å². The number of H-pyrrole nitrogens is 1. The van der Waals surface area contributed by atoms with E-state index < -0.39 is 21.3 Å². The Morgan fingerprint density at radius 2 is 1.91 bits per heavy atom. The first-order chi connectivity index (χ1) is 15.6. The van der Waals surface area contributed by atoms with Crippen LogP contribution < -0.4 is 4.74 Å². The van der Waals surface area contributed by atoms with Gasteiger partial charge in [0.25, 0.3) is 0 Å². The number of nitrogens with one attached hydrogen (secondary N) is 1. The molecule has 33 heavy (non-hydrogen) atoms. The Morgan fingerprint density at radius 3 is 2.64 bits per heavy atom. The molecule has 1 amide bonds. The molecule has 0 radical (unpaired) electrons. The molecule has 1 unspecified atom stereocenters. The number of aromatic nitrogens is 1. The quantitative estimate of drug-likeness (QED) is 0.567. The van der Waals surface area contributed by atoms with Gasteiger partial charge in [-0.1, -0.05) is 24.3 Å². The summed E-state index contributed by atoms with van der Waals surface area (Å²) >= 11 is 0. The first kappa shape index (κ1) is 23.1. The molecule has 1 saturated heterocycles. The zero-order valence-electron chi connectivity index (χ0n) is 18.8. The lowest BCUT2D eigenvalue weighted by molar-refractivity contribution is 0.0188. The van der Waals surface area contributed by atoms with Crippen molar-refractivity contribution in [1.29, 1.82) is 0 Å². The van der Waals surface area contributed by atoms with E-state index in [9.17, 15) is 17.6 Å². The number of hydrogen-bond acceptors (Lipinski definition) is 5. The average molecular weight is 475 g/mol. The first-order valence-electron chi connectivity index (χ1n) is 10.8. The molecule has 0 aliphatic carbocycles. The van der Waals surface area contributed by atoms with E-state index in [0.717, 1.165) is 18.9 Å². The van der Waals surface area contributed by atoms with Crippen LogP contribution in [0.3, 0.4) is 0 Å². The van der Waals surface area contributed by atoms with Gasteiger partial charge in [-0.2, -0.15) is 0 Å². The minimum absolute atomic E-state index is 0.0238. The Bertz CT molecular complexity index is 1280. The summed E-state index contributed by atoms with van der Waals surface area (Å²) in [5.74, 6) is -0.346. The predicted octanol–water partition coefficient (Wildman–Crippen LogP) is 4.92. The van der Waals surface area contributed by atoms with Crippen molar-refractivity contribution >= 4 is 26.8 Å². The highest BCUT2D eigenvalue weighted by molar-refractivity contribution is 7.91. The highest BCUT2D eigenvalue weighted by atomic mass is 32.2. The largest absolute Gasteiger partial charge is 0.489 e. The van der Waals surface area contributed by atoms with Crippen LogP contribution in [0, 0.1) is 5.82 Å². The van der Waals surface area contributed by atoms with E-state index in [4.69, 9.17) is 9.47 Å². The Balaban J connectivity index is 1.57. The highest BCUT2D eigenvalue weighted by Gasteiger charge is 2.33. The summed E-state index contributed by atoms with van der Waals surface area (Å²) in [6, 6.07) is 10.2. The van der Waals surface area contributed by atoms with Crippen molar-refractivity contribution < 1.29 is 27.1 Å². The molecular weight excluding hydrogens is 447 g/mol. The molecule has 9 heteroatoms. The number of ether oxygens (including phenoxy) is 2. The third-order valence-electron chi connectivity index (χ3n) is 5.49. The lowest BCUT2D eigenvalue weighted by Gasteiger charge is -2.28. The van der Waals surface area contributed by atoms with E-state index in [-0.39, 0.29) is 28.5 Å². The monoisotopic (exact) mass is 474 g/mol. The van der Waals surface area contributed by atoms with Crippen LogP contribution in [0.25, 0.3) is 10.9 Å². The number of fused-ring (bicyclic) bond motifs is 1. The number of sulfone groups is 1. The number of carbonyl (C=O) groups is 1. The van der Waals surface area contributed by atoms with Crippen molar-refractivity contribution in [2.45, 2.75) is 55.0 Å². The molecule has 1 aromatic heterocycles. The maximum atomic E-state index is 14.2. The number of rotatable bonds is 5. The number of para-hydroxylation sites is 1. The second-order valence-corrected chi connectivity index (χ2v) is 10.9. The molecular formula is C24H27FN2O5S. The summed E-state index contributed by atoms with van der Waals surface area (Å²) in [7, 11) is -4.07. The SMILES string of the molecule is CC(C)(C)OC(=O)N1CCCC1COc1cccc2c(S(=O)(=O)c3ccccc3F)c[nH]c12. The van der Waals surface area contributed by atoms with E-state index in [1.165, 1.54) is 24.4 Å². The summed E-state index contributed by atoms with van der Waals surface area (Å²) in [5.41, 5.74) is -0.0876. The van der Waals surface area contributed by atoms with Gasteiger partial charge in [-0.25, -0.2) is 17.6 Å². The smallest absolute Gasteiger partial charge is 0.410 e. The number of carbonyl (C=O) groups excluding carboxylic acids is 1. The molecule has 0 bridgehead atoms. The molecule has 0 spiro atoms. The number of nitrogens with zero attached hydrogens (tertiary/aromatic N) is 1. The number of halogens is 1. The maximum Gasteiger partial charge on any atom is 0.410 e. The lowest BCUT2D eigenvalue weighted by atomic mass is 10.2. The van der Waals surface area contributed by atoms with Crippen LogP contribution in [0.15, 0.2) is 58.5 Å². The fourth-order valence-electron chi connectivity index (χ4n) is 3.98. The lowest BCUT2D eigenvalue weighted by Crippen LogP contribution is -2.42. The molecule has 0 saturated carbocycles. The third-order valence-corrected chi connectivity index (χ3v) is 7.32. The Labute approximate surface area is 192 Å². The molecule has 2 heterocycles. The molecule has 7 nitrogen and oxygen atoms in total. The van der Waals surface area contributed by atoms with Gasteiger partial charge in [0, 0.05) is 18.1 Å². The molecule has 1 aliphatic heterocycles. The first-order valence-corrected chi connectivity index (χ1v) is 12.3. The zero-order chi connectivity index (χ0) is 23.8. The normalized spacial score (nSPS) is 16.8.